The standard InChI is InChI=1S/C14H11ClF3N/c1-8(11-4-2-9(16)6-12(11)15)19-10-3-5-13(17)14(18)7-10/h2-8,19H,1H3. The molecule has 1 N–H and O–H groups in total. The van der Waals surface area contributed by atoms with Crippen LogP contribution in [0.2, 0.25) is 5.02 Å². The van der Waals surface area contributed by atoms with Gasteiger partial charge in [-0.25, -0.2) is 13.2 Å². The van der Waals surface area contributed by atoms with Gasteiger partial charge < -0.3 is 5.32 Å². The van der Waals surface area contributed by atoms with Gasteiger partial charge in [0, 0.05) is 22.8 Å². The lowest BCUT2D eigenvalue weighted by atomic mass is 10.1. The summed E-state index contributed by atoms with van der Waals surface area (Å²) in [6, 6.07) is 7.31. The van der Waals surface area contributed by atoms with Crippen LogP contribution in [0.4, 0.5) is 18.9 Å². The molecule has 5 heteroatoms. The molecule has 2 rings (SSSR count). The summed E-state index contributed by atoms with van der Waals surface area (Å²) in [6.45, 7) is 1.79. The maximum Gasteiger partial charge on any atom is 0.160 e. The molecule has 0 amide bonds. The molecule has 2 aromatic rings. The second kappa shape index (κ2) is 5.53. The minimum Gasteiger partial charge on any atom is -0.378 e. The fourth-order valence-corrected chi connectivity index (χ4v) is 2.10. The highest BCUT2D eigenvalue weighted by atomic mass is 35.5. The van der Waals surface area contributed by atoms with Crippen LogP contribution >= 0.6 is 11.6 Å². The Balaban J connectivity index is 2.20. The second-order valence-corrected chi connectivity index (χ2v) is 4.57. The minimum atomic E-state index is -0.928. The molecule has 1 nitrogen and oxygen atoms in total. The third-order valence-electron chi connectivity index (χ3n) is 2.73. The molecular weight excluding hydrogens is 275 g/mol. The van der Waals surface area contributed by atoms with E-state index in [1.54, 1.807) is 13.0 Å². The van der Waals surface area contributed by atoms with Crippen LogP contribution in [0.25, 0.3) is 0 Å². The Labute approximate surface area is 114 Å². The molecule has 0 spiro atoms. The van der Waals surface area contributed by atoms with Crippen molar-refractivity contribution in [2.24, 2.45) is 0 Å². The van der Waals surface area contributed by atoms with Crippen molar-refractivity contribution >= 4 is 17.3 Å². The van der Waals surface area contributed by atoms with Gasteiger partial charge in [0.15, 0.2) is 11.6 Å². The molecule has 0 aliphatic carbocycles. The van der Waals surface area contributed by atoms with Gasteiger partial charge in [-0.05, 0) is 36.8 Å². The van der Waals surface area contributed by atoms with Crippen LogP contribution < -0.4 is 5.32 Å². The normalized spacial score (nSPS) is 12.3. The van der Waals surface area contributed by atoms with E-state index in [0.29, 0.717) is 11.3 Å². The number of benzene rings is 2. The van der Waals surface area contributed by atoms with Crippen molar-refractivity contribution in [3.63, 3.8) is 0 Å². The van der Waals surface area contributed by atoms with Crippen molar-refractivity contribution in [1.82, 2.24) is 0 Å². The lowest BCUT2D eigenvalue weighted by molar-refractivity contribution is 0.509. The SMILES string of the molecule is CC(Nc1ccc(F)c(F)c1)c1ccc(F)cc1Cl. The second-order valence-electron chi connectivity index (χ2n) is 4.16. The first-order chi connectivity index (χ1) is 8.97. The van der Waals surface area contributed by atoms with E-state index in [1.807, 2.05) is 0 Å². The molecule has 0 fully saturated rings. The van der Waals surface area contributed by atoms with Crippen LogP contribution in [0.5, 0.6) is 0 Å². The maximum atomic E-state index is 13.1. The minimum absolute atomic E-state index is 0.266. The molecule has 0 heterocycles. The van der Waals surface area contributed by atoms with Crippen LogP contribution in [0.3, 0.4) is 0 Å². The monoisotopic (exact) mass is 285 g/mol. The zero-order valence-corrected chi connectivity index (χ0v) is 10.8. The van der Waals surface area contributed by atoms with Crippen molar-refractivity contribution in [2.75, 3.05) is 5.32 Å². The molecule has 100 valence electrons. The lowest BCUT2D eigenvalue weighted by Crippen LogP contribution is -2.07. The Morgan fingerprint density at radius 3 is 2.37 bits per heavy atom. The maximum absolute atomic E-state index is 13.1. The average molecular weight is 286 g/mol. The predicted octanol–water partition coefficient (Wildman–Crippen LogP) is 4.93. The first-order valence-corrected chi connectivity index (χ1v) is 6.01. The smallest absolute Gasteiger partial charge is 0.160 e. The van der Waals surface area contributed by atoms with Crippen LogP contribution in [-0.2, 0) is 0 Å². The Morgan fingerprint density at radius 1 is 1.00 bits per heavy atom. The van der Waals surface area contributed by atoms with Gasteiger partial charge in [0.2, 0.25) is 0 Å². The van der Waals surface area contributed by atoms with E-state index in [0.717, 1.165) is 12.1 Å². The molecule has 2 aromatic carbocycles. The summed E-state index contributed by atoms with van der Waals surface area (Å²) in [4.78, 5) is 0. The van der Waals surface area contributed by atoms with Gasteiger partial charge in [0.1, 0.15) is 5.82 Å². The van der Waals surface area contributed by atoms with Crippen LogP contribution in [0, 0.1) is 17.5 Å². The summed E-state index contributed by atoms with van der Waals surface area (Å²) in [7, 11) is 0. The van der Waals surface area contributed by atoms with Crippen LogP contribution in [0.1, 0.15) is 18.5 Å². The molecule has 0 aliphatic rings. The van der Waals surface area contributed by atoms with Crippen molar-refractivity contribution in [3.8, 4) is 0 Å². The van der Waals surface area contributed by atoms with Crippen molar-refractivity contribution in [3.05, 3.63) is 64.4 Å². The fraction of sp³-hybridized carbons (Fsp3) is 0.143. The van der Waals surface area contributed by atoms with Gasteiger partial charge in [-0.2, -0.15) is 0 Å². The number of rotatable bonds is 3. The van der Waals surface area contributed by atoms with E-state index in [-0.39, 0.29) is 11.1 Å². The first kappa shape index (κ1) is 13.7. The largest absolute Gasteiger partial charge is 0.378 e. The molecule has 0 saturated heterocycles. The fourth-order valence-electron chi connectivity index (χ4n) is 1.77. The number of anilines is 1. The summed E-state index contributed by atoms with van der Waals surface area (Å²) in [5.41, 5.74) is 1.10. The quantitative estimate of drug-likeness (QED) is 0.843. The van der Waals surface area contributed by atoms with E-state index in [9.17, 15) is 13.2 Å². The Morgan fingerprint density at radius 2 is 1.74 bits per heavy atom. The van der Waals surface area contributed by atoms with E-state index >= 15 is 0 Å². The van der Waals surface area contributed by atoms with E-state index in [4.69, 9.17) is 11.6 Å². The zero-order valence-electron chi connectivity index (χ0n) is 10.1. The zero-order chi connectivity index (χ0) is 14.0. The summed E-state index contributed by atoms with van der Waals surface area (Å²) < 4.78 is 38.8. The molecule has 1 unspecified atom stereocenters. The third-order valence-corrected chi connectivity index (χ3v) is 3.06. The van der Waals surface area contributed by atoms with E-state index < -0.39 is 17.5 Å². The molecular formula is C14H11ClF3N. The van der Waals surface area contributed by atoms with Gasteiger partial charge >= 0.3 is 0 Å². The number of hydrogen-bond acceptors (Lipinski definition) is 1. The summed E-state index contributed by atoms with van der Waals surface area (Å²) in [6.07, 6.45) is 0. The van der Waals surface area contributed by atoms with Crippen molar-refractivity contribution < 1.29 is 13.2 Å². The average Bonchev–Trinajstić information content (AvgIpc) is 2.33. The number of halogens is 4. The Bertz CT molecular complexity index is 601. The third kappa shape index (κ3) is 3.20. The van der Waals surface area contributed by atoms with Gasteiger partial charge in [0.05, 0.1) is 0 Å². The lowest BCUT2D eigenvalue weighted by Gasteiger charge is -2.17. The van der Waals surface area contributed by atoms with Crippen molar-refractivity contribution in [2.45, 2.75) is 13.0 Å². The molecule has 0 aromatic heterocycles. The first-order valence-electron chi connectivity index (χ1n) is 5.64. The highest BCUT2D eigenvalue weighted by Crippen LogP contribution is 2.27. The highest BCUT2D eigenvalue weighted by Gasteiger charge is 2.11. The highest BCUT2D eigenvalue weighted by molar-refractivity contribution is 6.31. The molecule has 1 atom stereocenters. The number of nitrogens with one attached hydrogen (secondary N) is 1. The molecule has 0 saturated carbocycles. The topological polar surface area (TPSA) is 12.0 Å². The molecule has 19 heavy (non-hydrogen) atoms. The van der Waals surface area contributed by atoms with Gasteiger partial charge in [-0.3, -0.25) is 0 Å². The molecule has 0 radical (unpaired) electrons. The van der Waals surface area contributed by atoms with Gasteiger partial charge in [-0.1, -0.05) is 17.7 Å². The summed E-state index contributed by atoms with van der Waals surface area (Å²) >= 11 is 5.93. The van der Waals surface area contributed by atoms with Gasteiger partial charge in [0.25, 0.3) is 0 Å². The van der Waals surface area contributed by atoms with Crippen LogP contribution in [-0.4, -0.2) is 0 Å². The van der Waals surface area contributed by atoms with Crippen LogP contribution in [0.15, 0.2) is 36.4 Å². The van der Waals surface area contributed by atoms with E-state index in [2.05, 4.69) is 5.32 Å². The summed E-state index contributed by atoms with van der Waals surface area (Å²) in [5.74, 6) is -2.26. The molecule has 0 aliphatic heterocycles. The predicted molar refractivity (Wildman–Crippen MR) is 69.8 cm³/mol. The Hall–Kier alpha value is -1.68. The molecule has 0 bridgehead atoms. The van der Waals surface area contributed by atoms with Crippen molar-refractivity contribution in [1.29, 1.82) is 0 Å². The summed E-state index contributed by atoms with van der Waals surface area (Å²) in [5, 5.41) is 3.25. The number of hydrogen-bond donors (Lipinski definition) is 1. The van der Waals surface area contributed by atoms with Gasteiger partial charge in [-0.15, -0.1) is 0 Å². The Kier molecular flexibility index (Phi) is 4.00. The van der Waals surface area contributed by atoms with E-state index in [1.165, 1.54) is 18.2 Å².